The quantitative estimate of drug-likeness (QED) is 0.811. The molecule has 1 saturated carbocycles. The fourth-order valence-corrected chi connectivity index (χ4v) is 2.15. The maximum atomic E-state index is 12.2. The van der Waals surface area contributed by atoms with Crippen molar-refractivity contribution in [2.45, 2.75) is 32.2 Å². The van der Waals surface area contributed by atoms with Crippen molar-refractivity contribution in [1.82, 2.24) is 4.90 Å². The first-order chi connectivity index (χ1) is 9.19. The summed E-state index contributed by atoms with van der Waals surface area (Å²) in [5.74, 6) is 1.08. The number of phenolic OH excluding ortho intramolecular Hbond substituents is 1. The minimum absolute atomic E-state index is 0. The van der Waals surface area contributed by atoms with Crippen LogP contribution in [-0.2, 0) is 11.3 Å². The van der Waals surface area contributed by atoms with Crippen LogP contribution in [0.15, 0.2) is 24.3 Å². The van der Waals surface area contributed by atoms with Crippen LogP contribution in [0.25, 0.3) is 0 Å². The van der Waals surface area contributed by atoms with Gasteiger partial charge in [0, 0.05) is 19.5 Å². The van der Waals surface area contributed by atoms with Gasteiger partial charge in [-0.3, -0.25) is 4.79 Å². The maximum absolute atomic E-state index is 12.2. The van der Waals surface area contributed by atoms with Gasteiger partial charge in [-0.2, -0.15) is 0 Å². The summed E-state index contributed by atoms with van der Waals surface area (Å²) in [7, 11) is 0. The van der Waals surface area contributed by atoms with E-state index in [0.29, 0.717) is 25.4 Å². The van der Waals surface area contributed by atoms with Gasteiger partial charge >= 0.3 is 0 Å². The number of rotatable bonds is 7. The van der Waals surface area contributed by atoms with Gasteiger partial charge in [-0.25, -0.2) is 0 Å². The van der Waals surface area contributed by atoms with E-state index in [2.05, 4.69) is 0 Å². The van der Waals surface area contributed by atoms with Gasteiger partial charge in [-0.1, -0.05) is 12.1 Å². The molecule has 0 saturated heterocycles. The van der Waals surface area contributed by atoms with E-state index in [-0.39, 0.29) is 24.1 Å². The predicted octanol–water partition coefficient (Wildman–Crippen LogP) is 2.29. The largest absolute Gasteiger partial charge is 0.508 e. The zero-order valence-corrected chi connectivity index (χ0v) is 12.4. The van der Waals surface area contributed by atoms with Crippen LogP contribution in [-0.4, -0.2) is 29.0 Å². The number of aromatic hydroxyl groups is 1. The van der Waals surface area contributed by atoms with E-state index >= 15 is 0 Å². The van der Waals surface area contributed by atoms with E-state index in [1.165, 1.54) is 12.8 Å². The normalized spacial score (nSPS) is 13.7. The second-order valence-corrected chi connectivity index (χ2v) is 5.28. The van der Waals surface area contributed by atoms with Crippen molar-refractivity contribution in [3.05, 3.63) is 29.8 Å². The number of hydrogen-bond acceptors (Lipinski definition) is 3. The Balaban J connectivity index is 0.00000200. The molecule has 112 valence electrons. The Bertz CT molecular complexity index is 436. The first-order valence-corrected chi connectivity index (χ1v) is 6.95. The molecule has 1 fully saturated rings. The first kappa shape index (κ1) is 16.8. The van der Waals surface area contributed by atoms with Crippen LogP contribution in [0.1, 0.15) is 31.2 Å². The Morgan fingerprint density at radius 3 is 2.75 bits per heavy atom. The van der Waals surface area contributed by atoms with Crippen LogP contribution in [0.4, 0.5) is 0 Å². The SMILES string of the molecule is Cl.NCCCC(=O)N(Cc1cccc(O)c1)CC1CC1. The molecule has 0 radical (unpaired) electrons. The Morgan fingerprint density at radius 2 is 2.15 bits per heavy atom. The number of carbonyl (C=O) groups excluding carboxylic acids is 1. The zero-order chi connectivity index (χ0) is 13.7. The molecule has 0 atom stereocenters. The predicted molar refractivity (Wildman–Crippen MR) is 81.8 cm³/mol. The second-order valence-electron chi connectivity index (χ2n) is 5.28. The van der Waals surface area contributed by atoms with Gasteiger partial charge in [0.1, 0.15) is 5.75 Å². The minimum atomic E-state index is 0. The second kappa shape index (κ2) is 8.12. The van der Waals surface area contributed by atoms with Crippen LogP contribution in [0.5, 0.6) is 5.75 Å². The number of benzene rings is 1. The van der Waals surface area contributed by atoms with E-state index < -0.39 is 0 Å². The highest BCUT2D eigenvalue weighted by atomic mass is 35.5. The average Bonchev–Trinajstić information content (AvgIpc) is 3.19. The molecule has 0 aromatic heterocycles. The zero-order valence-electron chi connectivity index (χ0n) is 11.6. The molecule has 4 nitrogen and oxygen atoms in total. The van der Waals surface area contributed by atoms with Crippen molar-refractivity contribution in [2.75, 3.05) is 13.1 Å². The highest BCUT2D eigenvalue weighted by Crippen LogP contribution is 2.30. The summed E-state index contributed by atoms with van der Waals surface area (Å²) in [6.07, 6.45) is 3.70. The van der Waals surface area contributed by atoms with Crippen molar-refractivity contribution < 1.29 is 9.90 Å². The lowest BCUT2D eigenvalue weighted by Gasteiger charge is -2.23. The van der Waals surface area contributed by atoms with E-state index in [1.54, 1.807) is 12.1 Å². The Labute approximate surface area is 126 Å². The summed E-state index contributed by atoms with van der Waals surface area (Å²) < 4.78 is 0. The number of halogens is 1. The molecule has 1 aromatic carbocycles. The van der Waals surface area contributed by atoms with Gasteiger partial charge in [-0.05, 0) is 49.4 Å². The summed E-state index contributed by atoms with van der Waals surface area (Å²) >= 11 is 0. The molecular weight excluding hydrogens is 276 g/mol. The number of nitrogens with two attached hydrogens (primary N) is 1. The number of nitrogens with zero attached hydrogens (tertiary/aromatic N) is 1. The molecule has 0 aliphatic heterocycles. The summed E-state index contributed by atoms with van der Waals surface area (Å²) in [5.41, 5.74) is 6.43. The van der Waals surface area contributed by atoms with Crippen LogP contribution in [0.2, 0.25) is 0 Å². The summed E-state index contributed by atoms with van der Waals surface area (Å²) in [6.45, 7) is 1.96. The molecular formula is C15H23ClN2O2. The number of amides is 1. The topological polar surface area (TPSA) is 66.6 Å². The van der Waals surface area contributed by atoms with Gasteiger partial charge < -0.3 is 15.7 Å². The molecule has 0 heterocycles. The molecule has 1 aliphatic rings. The molecule has 1 aromatic rings. The summed E-state index contributed by atoms with van der Waals surface area (Å²) in [6, 6.07) is 7.11. The Kier molecular flexibility index (Phi) is 6.82. The minimum Gasteiger partial charge on any atom is -0.508 e. The molecule has 0 spiro atoms. The van der Waals surface area contributed by atoms with Crippen molar-refractivity contribution in [3.8, 4) is 5.75 Å². The molecule has 1 amide bonds. The van der Waals surface area contributed by atoms with Crippen LogP contribution >= 0.6 is 12.4 Å². The van der Waals surface area contributed by atoms with Gasteiger partial charge in [0.25, 0.3) is 0 Å². The number of phenols is 1. The van der Waals surface area contributed by atoms with E-state index in [0.717, 1.165) is 18.5 Å². The molecule has 2 rings (SSSR count). The van der Waals surface area contributed by atoms with Crippen LogP contribution in [0.3, 0.4) is 0 Å². The highest BCUT2D eigenvalue weighted by molar-refractivity contribution is 5.85. The van der Waals surface area contributed by atoms with Gasteiger partial charge in [0.15, 0.2) is 0 Å². The van der Waals surface area contributed by atoms with Gasteiger partial charge in [0.05, 0.1) is 0 Å². The molecule has 1 aliphatic carbocycles. The highest BCUT2D eigenvalue weighted by Gasteiger charge is 2.26. The molecule has 5 heteroatoms. The van der Waals surface area contributed by atoms with Crippen molar-refractivity contribution in [2.24, 2.45) is 11.7 Å². The van der Waals surface area contributed by atoms with E-state index in [1.807, 2.05) is 17.0 Å². The first-order valence-electron chi connectivity index (χ1n) is 6.95. The third-order valence-electron chi connectivity index (χ3n) is 3.41. The summed E-state index contributed by atoms with van der Waals surface area (Å²) in [5, 5.41) is 9.48. The fraction of sp³-hybridized carbons (Fsp3) is 0.533. The van der Waals surface area contributed by atoms with Crippen molar-refractivity contribution in [3.63, 3.8) is 0 Å². The van der Waals surface area contributed by atoms with Gasteiger partial charge in [-0.15, -0.1) is 12.4 Å². The number of carbonyl (C=O) groups is 1. The maximum Gasteiger partial charge on any atom is 0.222 e. The van der Waals surface area contributed by atoms with Crippen LogP contribution in [0, 0.1) is 5.92 Å². The Morgan fingerprint density at radius 1 is 1.40 bits per heavy atom. The average molecular weight is 299 g/mol. The lowest BCUT2D eigenvalue weighted by Crippen LogP contribution is -2.32. The molecule has 0 unspecified atom stereocenters. The van der Waals surface area contributed by atoms with Crippen molar-refractivity contribution >= 4 is 18.3 Å². The lowest BCUT2D eigenvalue weighted by molar-refractivity contribution is -0.132. The number of hydrogen-bond donors (Lipinski definition) is 2. The third kappa shape index (κ3) is 5.39. The molecule has 20 heavy (non-hydrogen) atoms. The van der Waals surface area contributed by atoms with Crippen molar-refractivity contribution in [1.29, 1.82) is 0 Å². The third-order valence-corrected chi connectivity index (χ3v) is 3.41. The van der Waals surface area contributed by atoms with E-state index in [9.17, 15) is 9.90 Å². The molecule has 3 N–H and O–H groups in total. The van der Waals surface area contributed by atoms with E-state index in [4.69, 9.17) is 5.73 Å². The fourth-order valence-electron chi connectivity index (χ4n) is 2.15. The van der Waals surface area contributed by atoms with Gasteiger partial charge in [0.2, 0.25) is 5.91 Å². The molecule has 0 bridgehead atoms. The summed E-state index contributed by atoms with van der Waals surface area (Å²) in [4.78, 5) is 14.1. The Hall–Kier alpha value is -1.26. The monoisotopic (exact) mass is 298 g/mol. The lowest BCUT2D eigenvalue weighted by atomic mass is 10.1. The smallest absolute Gasteiger partial charge is 0.222 e. The van der Waals surface area contributed by atoms with Crippen LogP contribution < -0.4 is 5.73 Å². The standard InChI is InChI=1S/C15H22N2O2.ClH/c16-8-2-5-15(19)17(10-12-6-7-12)11-13-3-1-4-14(18)9-13;/h1,3-4,9,12,18H,2,5-8,10-11,16H2;1H.